The Morgan fingerprint density at radius 1 is 1.05 bits per heavy atom. The fourth-order valence-corrected chi connectivity index (χ4v) is 1.76. The van der Waals surface area contributed by atoms with E-state index in [-0.39, 0.29) is 11.3 Å². The van der Waals surface area contributed by atoms with Crippen molar-refractivity contribution >= 4 is 17.2 Å². The fourth-order valence-electron chi connectivity index (χ4n) is 1.76. The van der Waals surface area contributed by atoms with Crippen molar-refractivity contribution in [1.29, 1.82) is 10.5 Å². The van der Waals surface area contributed by atoms with Crippen molar-refractivity contribution in [3.05, 3.63) is 65.5 Å². The van der Waals surface area contributed by atoms with Gasteiger partial charge in [0.25, 0.3) is 0 Å². The molecule has 0 heterocycles. The van der Waals surface area contributed by atoms with Crippen LogP contribution in [0, 0.1) is 28.5 Å². The van der Waals surface area contributed by atoms with Crippen LogP contribution in [0.25, 0.3) is 0 Å². The number of hydrogen-bond acceptors (Lipinski definition) is 5. The van der Waals surface area contributed by atoms with E-state index in [9.17, 15) is 9.18 Å². The van der Waals surface area contributed by atoms with E-state index in [2.05, 4.69) is 10.5 Å². The van der Waals surface area contributed by atoms with Crippen molar-refractivity contribution in [3.8, 4) is 12.1 Å². The monoisotopic (exact) mass is 292 g/mol. The normalized spacial score (nSPS) is 9.23. The number of nitriles is 2. The highest BCUT2D eigenvalue weighted by atomic mass is 19.1. The van der Waals surface area contributed by atoms with Gasteiger partial charge in [-0.15, -0.1) is 0 Å². The second-order valence-corrected chi connectivity index (χ2v) is 4.15. The first-order chi connectivity index (χ1) is 10.7. The molecule has 0 bridgehead atoms. The molecule has 0 spiro atoms. The molecule has 0 aromatic heterocycles. The predicted molar refractivity (Wildman–Crippen MR) is 78.6 cm³/mol. The third kappa shape index (κ3) is 3.14. The Bertz CT molecular complexity index is 800. The van der Waals surface area contributed by atoms with Crippen LogP contribution in [0.15, 0.2) is 53.6 Å². The number of carbonyl (C=O) groups excluding carboxylic acids is 1. The Labute approximate surface area is 125 Å². The molecule has 0 amide bonds. The van der Waals surface area contributed by atoms with Crippen molar-refractivity contribution in [2.24, 2.45) is 5.10 Å². The highest BCUT2D eigenvalue weighted by molar-refractivity contribution is 6.13. The van der Waals surface area contributed by atoms with Crippen LogP contribution in [-0.4, -0.2) is 11.5 Å². The lowest BCUT2D eigenvalue weighted by molar-refractivity contribution is 0.103. The number of halogens is 1. The summed E-state index contributed by atoms with van der Waals surface area (Å²) in [6.07, 6.45) is 0. The summed E-state index contributed by atoms with van der Waals surface area (Å²) < 4.78 is 13.9. The van der Waals surface area contributed by atoms with Crippen LogP contribution in [0.1, 0.15) is 15.9 Å². The maximum Gasteiger partial charge on any atom is 0.237 e. The quantitative estimate of drug-likeness (QED) is 0.533. The Hall–Kier alpha value is -3.51. The summed E-state index contributed by atoms with van der Waals surface area (Å²) in [6.45, 7) is 0. The summed E-state index contributed by atoms with van der Waals surface area (Å²) in [6, 6.07) is 15.4. The molecule has 0 unspecified atom stereocenters. The number of rotatable bonds is 4. The van der Waals surface area contributed by atoms with E-state index in [4.69, 9.17) is 10.5 Å². The molecule has 2 aromatic rings. The molecular formula is C16H9FN4O. The zero-order chi connectivity index (χ0) is 15.9. The second-order valence-electron chi connectivity index (χ2n) is 4.15. The molecule has 0 aliphatic heterocycles. The van der Waals surface area contributed by atoms with Crippen molar-refractivity contribution in [3.63, 3.8) is 0 Å². The van der Waals surface area contributed by atoms with Gasteiger partial charge in [0.2, 0.25) is 5.71 Å². The Balaban J connectivity index is 2.44. The topological polar surface area (TPSA) is 89.0 Å². The molecule has 0 saturated heterocycles. The van der Waals surface area contributed by atoms with Crippen molar-refractivity contribution in [2.75, 3.05) is 5.43 Å². The highest BCUT2D eigenvalue weighted by Gasteiger charge is 2.16. The van der Waals surface area contributed by atoms with Gasteiger partial charge in [0.05, 0.1) is 5.56 Å². The van der Waals surface area contributed by atoms with E-state index in [0.29, 0.717) is 5.56 Å². The first kappa shape index (κ1) is 14.9. The lowest BCUT2D eigenvalue weighted by Crippen LogP contribution is -2.08. The summed E-state index contributed by atoms with van der Waals surface area (Å²) in [4.78, 5) is 12.4. The summed E-state index contributed by atoms with van der Waals surface area (Å²) >= 11 is 0. The molecule has 5 nitrogen and oxygen atoms in total. The van der Waals surface area contributed by atoms with Crippen LogP contribution in [0.2, 0.25) is 0 Å². The van der Waals surface area contributed by atoms with E-state index in [1.54, 1.807) is 42.5 Å². The average molecular weight is 292 g/mol. The number of nitrogens with one attached hydrogen (secondary N) is 1. The first-order valence-corrected chi connectivity index (χ1v) is 6.19. The number of benzene rings is 2. The number of hydrogen-bond donors (Lipinski definition) is 1. The predicted octanol–water partition coefficient (Wildman–Crippen LogP) is 2.87. The van der Waals surface area contributed by atoms with Gasteiger partial charge in [-0.2, -0.15) is 15.6 Å². The molecule has 6 heteroatoms. The van der Waals surface area contributed by atoms with E-state index in [0.717, 1.165) is 6.07 Å². The van der Waals surface area contributed by atoms with Crippen LogP contribution < -0.4 is 5.43 Å². The highest BCUT2D eigenvalue weighted by Crippen LogP contribution is 2.23. The fraction of sp³-hybridized carbons (Fsp3) is 0. The zero-order valence-electron chi connectivity index (χ0n) is 11.2. The SMILES string of the molecule is N#CC(C#N)=NNc1c(F)cccc1C(=O)c1ccccc1. The summed E-state index contributed by atoms with van der Waals surface area (Å²) in [5, 5.41) is 20.7. The van der Waals surface area contributed by atoms with E-state index in [1.165, 1.54) is 12.1 Å². The minimum atomic E-state index is -0.708. The maximum absolute atomic E-state index is 13.9. The summed E-state index contributed by atoms with van der Waals surface area (Å²) in [5.74, 6) is -1.10. The standard InChI is InChI=1S/C16H9FN4O/c17-14-8-4-7-13(15(14)21-20-12(9-18)10-19)16(22)11-5-2-1-3-6-11/h1-8,21H. The minimum absolute atomic E-state index is 0.0604. The largest absolute Gasteiger partial charge is 0.289 e. The van der Waals surface area contributed by atoms with Crippen LogP contribution in [0.5, 0.6) is 0 Å². The number of para-hydroxylation sites is 1. The lowest BCUT2D eigenvalue weighted by atomic mass is 10.0. The molecule has 106 valence electrons. The van der Waals surface area contributed by atoms with Gasteiger partial charge in [0.1, 0.15) is 23.6 Å². The number of nitrogens with zero attached hydrogens (tertiary/aromatic N) is 3. The van der Waals surface area contributed by atoms with Gasteiger partial charge in [-0.3, -0.25) is 10.2 Å². The van der Waals surface area contributed by atoms with Gasteiger partial charge in [-0.25, -0.2) is 4.39 Å². The number of carbonyl (C=O) groups is 1. The van der Waals surface area contributed by atoms with Gasteiger partial charge in [0, 0.05) is 5.56 Å². The van der Waals surface area contributed by atoms with E-state index in [1.807, 2.05) is 0 Å². The molecule has 0 fully saturated rings. The van der Waals surface area contributed by atoms with Crippen LogP contribution >= 0.6 is 0 Å². The van der Waals surface area contributed by atoms with Crippen LogP contribution in [0.4, 0.5) is 10.1 Å². The molecule has 22 heavy (non-hydrogen) atoms. The first-order valence-electron chi connectivity index (χ1n) is 6.19. The molecule has 0 aliphatic rings. The molecule has 1 N–H and O–H groups in total. The van der Waals surface area contributed by atoms with Gasteiger partial charge < -0.3 is 0 Å². The summed E-state index contributed by atoms with van der Waals surface area (Å²) in [7, 11) is 0. The van der Waals surface area contributed by atoms with E-state index < -0.39 is 17.3 Å². The van der Waals surface area contributed by atoms with Gasteiger partial charge in [-0.1, -0.05) is 36.4 Å². The molecule has 0 aliphatic carbocycles. The van der Waals surface area contributed by atoms with Crippen LogP contribution in [0.3, 0.4) is 0 Å². The number of ketones is 1. The molecule has 2 aromatic carbocycles. The molecule has 2 rings (SSSR count). The van der Waals surface area contributed by atoms with Gasteiger partial charge in [0.15, 0.2) is 5.78 Å². The van der Waals surface area contributed by atoms with Crippen molar-refractivity contribution in [2.45, 2.75) is 0 Å². The molecule has 0 atom stereocenters. The average Bonchev–Trinajstić information content (AvgIpc) is 2.57. The van der Waals surface area contributed by atoms with Gasteiger partial charge >= 0.3 is 0 Å². The van der Waals surface area contributed by atoms with Crippen molar-refractivity contribution < 1.29 is 9.18 Å². The Morgan fingerprint density at radius 3 is 2.36 bits per heavy atom. The molecular weight excluding hydrogens is 283 g/mol. The van der Waals surface area contributed by atoms with Crippen molar-refractivity contribution in [1.82, 2.24) is 0 Å². The third-order valence-corrected chi connectivity index (χ3v) is 2.79. The second kappa shape index (κ2) is 6.78. The van der Waals surface area contributed by atoms with Gasteiger partial charge in [-0.05, 0) is 12.1 Å². The van der Waals surface area contributed by atoms with Crippen LogP contribution in [-0.2, 0) is 0 Å². The minimum Gasteiger partial charge on any atom is -0.289 e. The van der Waals surface area contributed by atoms with E-state index >= 15 is 0 Å². The zero-order valence-corrected chi connectivity index (χ0v) is 11.2. The number of hydrazone groups is 1. The molecule has 0 radical (unpaired) electrons. The Morgan fingerprint density at radius 2 is 1.73 bits per heavy atom. The third-order valence-electron chi connectivity index (χ3n) is 2.79. The molecule has 0 saturated carbocycles. The number of anilines is 1. The Kier molecular flexibility index (Phi) is 4.59. The smallest absolute Gasteiger partial charge is 0.237 e. The lowest BCUT2D eigenvalue weighted by Gasteiger charge is -2.09. The summed E-state index contributed by atoms with van der Waals surface area (Å²) in [5.41, 5.74) is 2.08. The maximum atomic E-state index is 13.9.